The van der Waals surface area contributed by atoms with E-state index in [0.717, 1.165) is 17.0 Å². The highest BCUT2D eigenvalue weighted by Crippen LogP contribution is 2.34. The van der Waals surface area contributed by atoms with Crippen LogP contribution >= 0.6 is 0 Å². The van der Waals surface area contributed by atoms with Crippen molar-refractivity contribution in [1.29, 1.82) is 0 Å². The number of pyridine rings is 1. The molecule has 0 fully saturated rings. The first-order chi connectivity index (χ1) is 10.9. The average molecular weight is 285 g/mol. The Hall–Kier alpha value is -3.07. The number of nitrogens with zero attached hydrogens (tertiary/aromatic N) is 1. The molecule has 3 nitrogen and oxygen atoms in total. The SMILES string of the molecule is c1cncc(-c2ccc(-c3ccc[nH]3)cc2-c2ccc[nH]2)c1. The summed E-state index contributed by atoms with van der Waals surface area (Å²) in [7, 11) is 0. The van der Waals surface area contributed by atoms with Crippen LogP contribution in [-0.4, -0.2) is 15.0 Å². The van der Waals surface area contributed by atoms with Crippen molar-refractivity contribution in [3.63, 3.8) is 0 Å². The molecule has 1 aromatic carbocycles. The van der Waals surface area contributed by atoms with Gasteiger partial charge in [0.2, 0.25) is 0 Å². The second-order valence-corrected chi connectivity index (χ2v) is 5.17. The number of H-pyrrole nitrogens is 2. The highest BCUT2D eigenvalue weighted by molar-refractivity contribution is 5.85. The van der Waals surface area contributed by atoms with Crippen molar-refractivity contribution in [3.8, 4) is 33.6 Å². The average Bonchev–Trinajstić information content (AvgIpc) is 3.29. The van der Waals surface area contributed by atoms with Gasteiger partial charge in [0.1, 0.15) is 0 Å². The molecule has 0 aliphatic heterocycles. The molecule has 2 N–H and O–H groups in total. The molecule has 0 aliphatic rings. The second-order valence-electron chi connectivity index (χ2n) is 5.17. The summed E-state index contributed by atoms with van der Waals surface area (Å²) in [5, 5.41) is 0. The molecule has 0 amide bonds. The number of rotatable bonds is 3. The topological polar surface area (TPSA) is 44.5 Å². The molecule has 0 saturated carbocycles. The van der Waals surface area contributed by atoms with Crippen LogP contribution in [0, 0.1) is 0 Å². The van der Waals surface area contributed by atoms with E-state index in [0.29, 0.717) is 0 Å². The van der Waals surface area contributed by atoms with Crippen LogP contribution in [-0.2, 0) is 0 Å². The van der Waals surface area contributed by atoms with Crippen LogP contribution in [0.25, 0.3) is 33.6 Å². The van der Waals surface area contributed by atoms with Crippen molar-refractivity contribution < 1.29 is 0 Å². The second kappa shape index (κ2) is 5.37. The number of nitrogens with one attached hydrogen (secondary N) is 2. The lowest BCUT2D eigenvalue weighted by Gasteiger charge is -2.11. The van der Waals surface area contributed by atoms with E-state index < -0.39 is 0 Å². The summed E-state index contributed by atoms with van der Waals surface area (Å²) in [6.07, 6.45) is 7.59. The van der Waals surface area contributed by atoms with E-state index >= 15 is 0 Å². The van der Waals surface area contributed by atoms with Crippen LogP contribution in [0.4, 0.5) is 0 Å². The molecule has 0 bridgehead atoms. The fraction of sp³-hybridized carbons (Fsp3) is 0. The molecule has 106 valence electrons. The van der Waals surface area contributed by atoms with Crippen molar-refractivity contribution in [2.45, 2.75) is 0 Å². The van der Waals surface area contributed by atoms with Gasteiger partial charge in [-0.05, 0) is 47.5 Å². The van der Waals surface area contributed by atoms with Gasteiger partial charge in [-0.15, -0.1) is 0 Å². The lowest BCUT2D eigenvalue weighted by molar-refractivity contribution is 1.32. The van der Waals surface area contributed by atoms with Crippen molar-refractivity contribution >= 4 is 0 Å². The summed E-state index contributed by atoms with van der Waals surface area (Å²) in [6.45, 7) is 0. The van der Waals surface area contributed by atoms with Crippen LogP contribution in [0.3, 0.4) is 0 Å². The third kappa shape index (κ3) is 2.23. The van der Waals surface area contributed by atoms with E-state index in [2.05, 4.69) is 51.4 Å². The predicted molar refractivity (Wildman–Crippen MR) is 89.2 cm³/mol. The number of aromatic nitrogens is 3. The third-order valence-electron chi connectivity index (χ3n) is 3.79. The Morgan fingerprint density at radius 1 is 0.682 bits per heavy atom. The summed E-state index contributed by atoms with van der Waals surface area (Å²) < 4.78 is 0. The maximum absolute atomic E-state index is 4.24. The molecule has 4 rings (SSSR count). The standard InChI is InChI=1S/C19H15N3/c1-4-15(13-20-9-1)16-8-7-14(18-5-2-10-21-18)12-17(16)19-6-3-11-22-19/h1-13,21-22H. The van der Waals surface area contributed by atoms with Gasteiger partial charge in [-0.3, -0.25) is 4.98 Å². The summed E-state index contributed by atoms with van der Waals surface area (Å²) in [5.41, 5.74) is 6.85. The van der Waals surface area contributed by atoms with Gasteiger partial charge < -0.3 is 9.97 Å². The van der Waals surface area contributed by atoms with E-state index in [1.165, 1.54) is 16.7 Å². The number of hydrogen-bond donors (Lipinski definition) is 2. The van der Waals surface area contributed by atoms with Crippen LogP contribution in [0.2, 0.25) is 0 Å². The highest BCUT2D eigenvalue weighted by atomic mass is 14.7. The Kier molecular flexibility index (Phi) is 3.09. The summed E-state index contributed by atoms with van der Waals surface area (Å²) in [4.78, 5) is 10.8. The summed E-state index contributed by atoms with van der Waals surface area (Å²) in [6, 6.07) is 18.8. The van der Waals surface area contributed by atoms with Crippen LogP contribution in [0.15, 0.2) is 79.4 Å². The highest BCUT2D eigenvalue weighted by Gasteiger charge is 2.10. The number of hydrogen-bond acceptors (Lipinski definition) is 1. The van der Waals surface area contributed by atoms with Crippen LogP contribution < -0.4 is 0 Å². The summed E-state index contributed by atoms with van der Waals surface area (Å²) in [5.74, 6) is 0. The van der Waals surface area contributed by atoms with Crippen molar-refractivity contribution in [2.24, 2.45) is 0 Å². The fourth-order valence-corrected chi connectivity index (χ4v) is 2.72. The van der Waals surface area contributed by atoms with Gasteiger partial charge >= 0.3 is 0 Å². The van der Waals surface area contributed by atoms with E-state index in [-0.39, 0.29) is 0 Å². The number of benzene rings is 1. The zero-order chi connectivity index (χ0) is 14.8. The minimum Gasteiger partial charge on any atom is -0.361 e. The molecule has 4 aromatic rings. The van der Waals surface area contributed by atoms with Gasteiger partial charge in [-0.25, -0.2) is 0 Å². The zero-order valence-electron chi connectivity index (χ0n) is 12.0. The molecule has 0 spiro atoms. The predicted octanol–water partition coefficient (Wildman–Crippen LogP) is 4.74. The van der Waals surface area contributed by atoms with E-state index in [9.17, 15) is 0 Å². The van der Waals surface area contributed by atoms with Gasteiger partial charge in [0.25, 0.3) is 0 Å². The quantitative estimate of drug-likeness (QED) is 0.561. The molecule has 0 radical (unpaired) electrons. The van der Waals surface area contributed by atoms with Gasteiger partial charge in [-0.1, -0.05) is 18.2 Å². The monoisotopic (exact) mass is 285 g/mol. The lowest BCUT2D eigenvalue weighted by Crippen LogP contribution is -1.88. The van der Waals surface area contributed by atoms with Crippen molar-refractivity contribution in [1.82, 2.24) is 15.0 Å². The lowest BCUT2D eigenvalue weighted by atomic mass is 9.96. The largest absolute Gasteiger partial charge is 0.361 e. The van der Waals surface area contributed by atoms with Gasteiger partial charge in [-0.2, -0.15) is 0 Å². The Balaban J connectivity index is 1.92. The minimum atomic E-state index is 1.10. The molecule has 0 atom stereocenters. The molecular weight excluding hydrogens is 270 g/mol. The normalized spacial score (nSPS) is 10.7. The smallest absolute Gasteiger partial charge is 0.0460 e. The first-order valence-electron chi connectivity index (χ1n) is 7.24. The molecule has 22 heavy (non-hydrogen) atoms. The van der Waals surface area contributed by atoms with Gasteiger partial charge in [0.15, 0.2) is 0 Å². The van der Waals surface area contributed by atoms with Crippen LogP contribution in [0.5, 0.6) is 0 Å². The zero-order valence-corrected chi connectivity index (χ0v) is 12.0. The molecular formula is C19H15N3. The Bertz CT molecular complexity index is 860. The first kappa shape index (κ1) is 12.7. The molecule has 0 saturated heterocycles. The maximum atomic E-state index is 4.24. The van der Waals surface area contributed by atoms with E-state index in [1.54, 1.807) is 6.20 Å². The third-order valence-corrected chi connectivity index (χ3v) is 3.79. The van der Waals surface area contributed by atoms with E-state index in [4.69, 9.17) is 0 Å². The van der Waals surface area contributed by atoms with Crippen LogP contribution in [0.1, 0.15) is 0 Å². The Labute approximate surface area is 128 Å². The minimum absolute atomic E-state index is 1.10. The number of aromatic amines is 2. The molecule has 3 aromatic heterocycles. The Morgan fingerprint density at radius 3 is 2.18 bits per heavy atom. The van der Waals surface area contributed by atoms with Crippen molar-refractivity contribution in [3.05, 3.63) is 79.4 Å². The van der Waals surface area contributed by atoms with Gasteiger partial charge in [0, 0.05) is 47.3 Å². The molecule has 3 heteroatoms. The van der Waals surface area contributed by atoms with Crippen molar-refractivity contribution in [2.75, 3.05) is 0 Å². The fourth-order valence-electron chi connectivity index (χ4n) is 2.72. The summed E-state index contributed by atoms with van der Waals surface area (Å²) >= 11 is 0. The maximum Gasteiger partial charge on any atom is 0.0460 e. The molecule has 3 heterocycles. The molecule has 0 unspecified atom stereocenters. The molecule has 0 aliphatic carbocycles. The van der Waals surface area contributed by atoms with E-state index in [1.807, 2.05) is 36.8 Å². The first-order valence-corrected chi connectivity index (χ1v) is 7.24. The van der Waals surface area contributed by atoms with Gasteiger partial charge in [0.05, 0.1) is 0 Å². The Morgan fingerprint density at radius 2 is 1.50 bits per heavy atom.